The molecule has 0 saturated carbocycles. The Morgan fingerprint density at radius 2 is 1.75 bits per heavy atom. The maximum absolute atomic E-state index is 15.4. The van der Waals surface area contributed by atoms with Gasteiger partial charge in [-0.25, -0.2) is 27.8 Å². The zero-order chi connectivity index (χ0) is 25.4. The molecular weight excluding hydrogens is 490 g/mol. The summed E-state index contributed by atoms with van der Waals surface area (Å²) in [4.78, 5) is 21.0. The van der Waals surface area contributed by atoms with Crippen LogP contribution in [0.25, 0.3) is 0 Å². The van der Waals surface area contributed by atoms with Crippen molar-refractivity contribution in [2.45, 2.75) is 49.6 Å². The van der Waals surface area contributed by atoms with Crippen molar-refractivity contribution in [2.24, 2.45) is 0 Å². The van der Waals surface area contributed by atoms with E-state index in [1.54, 1.807) is 0 Å². The van der Waals surface area contributed by atoms with Crippen LogP contribution in [0, 0.1) is 11.6 Å². The highest BCUT2D eigenvalue weighted by atomic mass is 32.2. The van der Waals surface area contributed by atoms with Crippen LogP contribution in [0.3, 0.4) is 0 Å². The predicted molar refractivity (Wildman–Crippen MR) is 129 cm³/mol. The van der Waals surface area contributed by atoms with Gasteiger partial charge >= 0.3 is 0 Å². The van der Waals surface area contributed by atoms with Crippen molar-refractivity contribution in [2.75, 3.05) is 29.1 Å². The Morgan fingerprint density at radius 3 is 2.36 bits per heavy atom. The third kappa shape index (κ3) is 4.69. The van der Waals surface area contributed by atoms with E-state index in [4.69, 9.17) is 4.74 Å². The fourth-order valence-electron chi connectivity index (χ4n) is 4.84. The van der Waals surface area contributed by atoms with Crippen LogP contribution in [-0.4, -0.2) is 59.8 Å². The molecule has 0 radical (unpaired) electrons. The fourth-order valence-corrected chi connectivity index (χ4v) is 5.47. The molecule has 12 heteroatoms. The molecule has 2 unspecified atom stereocenters. The van der Waals surface area contributed by atoms with Crippen LogP contribution >= 0.6 is 0 Å². The first-order valence-corrected chi connectivity index (χ1v) is 13.7. The Balaban J connectivity index is 1.34. The van der Waals surface area contributed by atoms with Gasteiger partial charge in [-0.15, -0.1) is 0 Å². The van der Waals surface area contributed by atoms with Gasteiger partial charge in [0.1, 0.15) is 6.33 Å². The Kier molecular flexibility index (Phi) is 6.45. The number of fused-ring (bicyclic) bond motifs is 2. The summed E-state index contributed by atoms with van der Waals surface area (Å²) < 4.78 is 58.5. The maximum atomic E-state index is 15.4. The van der Waals surface area contributed by atoms with Gasteiger partial charge in [-0.1, -0.05) is 13.3 Å². The smallest absolute Gasteiger partial charge is 0.261 e. The minimum absolute atomic E-state index is 0.0731. The van der Waals surface area contributed by atoms with Gasteiger partial charge in [0, 0.05) is 43.8 Å². The quantitative estimate of drug-likeness (QED) is 0.467. The van der Waals surface area contributed by atoms with E-state index in [1.165, 1.54) is 12.4 Å². The van der Waals surface area contributed by atoms with Crippen molar-refractivity contribution < 1.29 is 21.9 Å². The molecule has 3 aromatic rings. The van der Waals surface area contributed by atoms with Gasteiger partial charge in [0.2, 0.25) is 11.8 Å². The number of hydrogen-bond donors (Lipinski definition) is 0. The van der Waals surface area contributed by atoms with Crippen LogP contribution in [0.4, 0.5) is 20.5 Å². The van der Waals surface area contributed by atoms with Crippen molar-refractivity contribution in [3.05, 3.63) is 54.1 Å². The van der Waals surface area contributed by atoms with E-state index in [0.29, 0.717) is 19.0 Å². The Bertz CT molecular complexity index is 1360. The van der Waals surface area contributed by atoms with Gasteiger partial charge in [-0.2, -0.15) is 9.37 Å². The summed E-state index contributed by atoms with van der Waals surface area (Å²) in [5.74, 6) is -1.76. The lowest BCUT2D eigenvalue weighted by Crippen LogP contribution is -2.55. The lowest BCUT2D eigenvalue weighted by Gasteiger charge is -2.41. The van der Waals surface area contributed by atoms with Crippen molar-refractivity contribution >= 4 is 21.6 Å². The zero-order valence-corrected chi connectivity index (χ0v) is 20.8. The molecule has 2 aromatic heterocycles. The van der Waals surface area contributed by atoms with Crippen LogP contribution in [0.2, 0.25) is 0 Å². The molecule has 2 atom stereocenters. The molecule has 0 aliphatic carbocycles. The summed E-state index contributed by atoms with van der Waals surface area (Å²) in [6.45, 7) is 3.14. The van der Waals surface area contributed by atoms with E-state index in [1.807, 2.05) is 17.3 Å². The largest absolute Gasteiger partial charge is 0.433 e. The van der Waals surface area contributed by atoms with Gasteiger partial charge in [-0.05, 0) is 43.0 Å². The first-order chi connectivity index (χ1) is 17.2. The highest BCUT2D eigenvalue weighted by Gasteiger charge is 2.42. The molecule has 2 fully saturated rings. The molecule has 2 saturated heterocycles. The van der Waals surface area contributed by atoms with Crippen molar-refractivity contribution in [3.8, 4) is 11.6 Å². The van der Waals surface area contributed by atoms with E-state index in [2.05, 4.69) is 31.8 Å². The molecule has 2 aliphatic heterocycles. The topological polar surface area (TPSA) is 101 Å². The van der Waals surface area contributed by atoms with Gasteiger partial charge in [0.25, 0.3) is 5.88 Å². The third-order valence-electron chi connectivity index (χ3n) is 6.52. The van der Waals surface area contributed by atoms with Crippen molar-refractivity contribution in [1.82, 2.24) is 19.9 Å². The Hall–Kier alpha value is -3.41. The molecule has 190 valence electrons. The predicted octanol–water partition coefficient (Wildman–Crippen LogP) is 3.55. The van der Waals surface area contributed by atoms with Crippen LogP contribution in [0.5, 0.6) is 11.6 Å². The second-order valence-corrected chi connectivity index (χ2v) is 11.1. The van der Waals surface area contributed by atoms with Crippen LogP contribution < -0.4 is 14.5 Å². The lowest BCUT2D eigenvalue weighted by molar-refractivity contribution is 0.393. The van der Waals surface area contributed by atoms with Gasteiger partial charge in [0.05, 0.1) is 4.90 Å². The molecule has 1 aromatic carbocycles. The van der Waals surface area contributed by atoms with Crippen molar-refractivity contribution in [3.63, 3.8) is 0 Å². The SMILES string of the molecule is CCCc1cnc(N2C3CCC2CN(c2ncnc(Oc4ccc(S(C)(=O)=O)cc4F)c2F)C3)nc1. The molecule has 5 rings (SSSR count). The van der Waals surface area contributed by atoms with E-state index < -0.39 is 27.4 Å². The highest BCUT2D eigenvalue weighted by molar-refractivity contribution is 7.90. The minimum atomic E-state index is -3.59. The molecule has 36 heavy (non-hydrogen) atoms. The number of halogens is 2. The molecular formula is C24H26F2N6O3S. The zero-order valence-electron chi connectivity index (χ0n) is 19.9. The normalized spacial score (nSPS) is 19.6. The van der Waals surface area contributed by atoms with E-state index in [-0.39, 0.29) is 28.5 Å². The van der Waals surface area contributed by atoms with E-state index in [0.717, 1.165) is 49.6 Å². The van der Waals surface area contributed by atoms with E-state index >= 15 is 4.39 Å². The second-order valence-electron chi connectivity index (χ2n) is 9.12. The summed E-state index contributed by atoms with van der Waals surface area (Å²) in [6.07, 6.45) is 9.69. The summed E-state index contributed by atoms with van der Waals surface area (Å²) in [5.41, 5.74) is 1.10. The number of anilines is 2. The highest BCUT2D eigenvalue weighted by Crippen LogP contribution is 2.36. The summed E-state index contributed by atoms with van der Waals surface area (Å²) in [7, 11) is -3.59. The van der Waals surface area contributed by atoms with Crippen LogP contribution in [0.15, 0.2) is 41.8 Å². The first kappa shape index (κ1) is 24.3. The standard InChI is InChI=1S/C24H26F2N6O3S/c1-3-4-15-10-27-24(28-11-15)32-16-5-6-17(32)13-31(12-16)22-21(26)23(30-14-29-22)35-20-8-7-18(9-19(20)25)36(2,33)34/h7-11,14,16-17H,3-6,12-13H2,1-2H3. The molecule has 0 N–H and O–H groups in total. The number of benzene rings is 1. The number of hydrogen-bond acceptors (Lipinski definition) is 9. The second kappa shape index (κ2) is 9.57. The average molecular weight is 517 g/mol. The van der Waals surface area contributed by atoms with Crippen molar-refractivity contribution in [1.29, 1.82) is 0 Å². The lowest BCUT2D eigenvalue weighted by atomic mass is 10.2. The summed E-state index contributed by atoms with van der Waals surface area (Å²) in [5, 5.41) is 0. The van der Waals surface area contributed by atoms with Gasteiger partial charge < -0.3 is 14.5 Å². The molecule has 4 heterocycles. The number of sulfone groups is 1. The number of aromatic nitrogens is 4. The summed E-state index contributed by atoms with van der Waals surface area (Å²) >= 11 is 0. The number of nitrogens with zero attached hydrogens (tertiary/aromatic N) is 6. The molecule has 2 bridgehead atoms. The van der Waals surface area contributed by atoms with Gasteiger partial charge in [0.15, 0.2) is 27.2 Å². The molecule has 2 aliphatic rings. The molecule has 9 nitrogen and oxygen atoms in total. The van der Waals surface area contributed by atoms with Crippen LogP contribution in [0.1, 0.15) is 31.7 Å². The van der Waals surface area contributed by atoms with Gasteiger partial charge in [-0.3, -0.25) is 0 Å². The minimum Gasteiger partial charge on any atom is -0.433 e. The first-order valence-electron chi connectivity index (χ1n) is 11.8. The van der Waals surface area contributed by atoms with Crippen LogP contribution in [-0.2, 0) is 16.3 Å². The van der Waals surface area contributed by atoms with E-state index in [9.17, 15) is 12.8 Å². The summed E-state index contributed by atoms with van der Waals surface area (Å²) in [6, 6.07) is 3.36. The monoisotopic (exact) mass is 516 g/mol. The maximum Gasteiger partial charge on any atom is 0.261 e. The third-order valence-corrected chi connectivity index (χ3v) is 7.63. The fraction of sp³-hybridized carbons (Fsp3) is 0.417. The average Bonchev–Trinajstić information content (AvgIpc) is 3.10. The Labute approximate surface area is 208 Å². The molecule has 0 amide bonds. The number of ether oxygens (including phenoxy) is 1. The number of piperazine rings is 1. The Morgan fingerprint density at radius 1 is 1.06 bits per heavy atom. The molecule has 0 spiro atoms. The number of rotatable bonds is 7. The number of aryl methyl sites for hydroxylation is 1.